The van der Waals surface area contributed by atoms with E-state index in [2.05, 4.69) is 10.3 Å². The van der Waals surface area contributed by atoms with Gasteiger partial charge in [-0.2, -0.15) is 13.2 Å². The summed E-state index contributed by atoms with van der Waals surface area (Å²) in [5.41, 5.74) is 1.13. The molecule has 0 spiro atoms. The lowest BCUT2D eigenvalue weighted by atomic mass is 10.1. The van der Waals surface area contributed by atoms with Crippen LogP contribution in [0.15, 0.2) is 67.1 Å². The number of pyridine rings is 1. The second kappa shape index (κ2) is 9.11. The van der Waals surface area contributed by atoms with Crippen molar-refractivity contribution in [3.63, 3.8) is 0 Å². The summed E-state index contributed by atoms with van der Waals surface area (Å²) in [7, 11) is -2.55. The second-order valence-electron chi connectivity index (χ2n) is 8.51. The maximum Gasteiger partial charge on any atom is 0.420 e. The fourth-order valence-corrected chi connectivity index (χ4v) is 5.85. The van der Waals surface area contributed by atoms with Crippen LogP contribution in [0.1, 0.15) is 16.7 Å². The Bertz CT molecular complexity index is 1600. The Morgan fingerprint density at radius 1 is 1.16 bits per heavy atom. The molecule has 3 heterocycles. The van der Waals surface area contributed by atoms with Crippen LogP contribution in [-0.2, 0) is 28.4 Å². The predicted molar refractivity (Wildman–Crippen MR) is 132 cm³/mol. The highest BCUT2D eigenvalue weighted by Gasteiger charge is 2.37. The van der Waals surface area contributed by atoms with Crippen molar-refractivity contribution >= 4 is 38.3 Å². The fraction of sp³-hybridized carbons (Fsp3) is 0.200. The molecule has 2 aromatic carbocycles. The first-order chi connectivity index (χ1) is 17.6. The third kappa shape index (κ3) is 4.71. The van der Waals surface area contributed by atoms with Gasteiger partial charge in [0.25, 0.3) is 0 Å². The van der Waals surface area contributed by atoms with Crippen LogP contribution in [0.25, 0.3) is 10.9 Å². The molecule has 0 radical (unpaired) electrons. The Morgan fingerprint density at radius 2 is 1.97 bits per heavy atom. The fourth-order valence-electron chi connectivity index (χ4n) is 4.41. The van der Waals surface area contributed by atoms with Crippen molar-refractivity contribution in [3.05, 3.63) is 83.8 Å². The zero-order valence-electron chi connectivity index (χ0n) is 19.5. The predicted octanol–water partition coefficient (Wildman–Crippen LogP) is 5.04. The molecule has 0 atom stereocenters. The molecule has 0 saturated carbocycles. The van der Waals surface area contributed by atoms with Gasteiger partial charge in [-0.15, -0.1) is 0 Å². The highest BCUT2D eigenvalue weighted by Crippen LogP contribution is 2.42. The average molecular weight is 531 g/mol. The van der Waals surface area contributed by atoms with E-state index in [4.69, 9.17) is 4.74 Å². The minimum Gasteiger partial charge on any atom is -0.496 e. The highest BCUT2D eigenvalue weighted by atomic mass is 32.2. The van der Waals surface area contributed by atoms with E-state index in [0.29, 0.717) is 34.1 Å². The van der Waals surface area contributed by atoms with E-state index in [1.54, 1.807) is 42.6 Å². The van der Waals surface area contributed by atoms with Gasteiger partial charge in [0.05, 0.1) is 23.9 Å². The van der Waals surface area contributed by atoms with Crippen molar-refractivity contribution in [3.8, 4) is 5.75 Å². The molecular formula is C25H21F3N4O4S. The topological polar surface area (TPSA) is 93.5 Å². The number of urea groups is 1. The Labute approximate surface area is 210 Å². The number of carbonyl (C=O) groups is 1. The molecule has 0 bridgehead atoms. The largest absolute Gasteiger partial charge is 0.496 e. The Morgan fingerprint density at radius 3 is 2.68 bits per heavy atom. The molecule has 1 aliphatic heterocycles. The maximum atomic E-state index is 13.5. The van der Waals surface area contributed by atoms with Crippen molar-refractivity contribution in [1.29, 1.82) is 0 Å². The third-order valence-corrected chi connectivity index (χ3v) is 7.74. The highest BCUT2D eigenvalue weighted by molar-refractivity contribution is 7.89. The standard InChI is InChI=1S/C25H21F3N4O4S/c1-36-23-12-18-6-9-31(22(18)13-20(23)25(26,27)28)24(33)30-19-4-5-21-17(11-19)7-10-32(21)37(34,35)15-16-3-2-8-29-14-16/h2-5,7-8,10-14H,6,9,15H2,1H3,(H,30,33). The Balaban J connectivity index is 1.38. The Kier molecular flexibility index (Phi) is 6.06. The van der Waals surface area contributed by atoms with Gasteiger partial charge in [0, 0.05) is 41.9 Å². The molecule has 1 aliphatic rings. The number of halogens is 3. The normalized spacial score (nSPS) is 13.6. The molecule has 0 fully saturated rings. The number of nitrogens with one attached hydrogen (secondary N) is 1. The monoisotopic (exact) mass is 530 g/mol. The zero-order chi connectivity index (χ0) is 26.4. The number of fused-ring (bicyclic) bond motifs is 2. The zero-order valence-corrected chi connectivity index (χ0v) is 20.3. The molecule has 37 heavy (non-hydrogen) atoms. The Hall–Kier alpha value is -4.06. The van der Waals surface area contributed by atoms with Gasteiger partial charge in [-0.1, -0.05) is 6.07 Å². The van der Waals surface area contributed by atoms with Crippen LogP contribution in [0.2, 0.25) is 0 Å². The van der Waals surface area contributed by atoms with Crippen molar-refractivity contribution in [2.24, 2.45) is 0 Å². The molecule has 0 unspecified atom stereocenters. The number of ether oxygens (including phenoxy) is 1. The van der Waals surface area contributed by atoms with E-state index in [1.807, 2.05) is 0 Å². The summed E-state index contributed by atoms with van der Waals surface area (Å²) >= 11 is 0. The molecule has 192 valence electrons. The summed E-state index contributed by atoms with van der Waals surface area (Å²) < 4.78 is 72.4. The number of hydrogen-bond acceptors (Lipinski definition) is 5. The van der Waals surface area contributed by atoms with Crippen LogP contribution in [0.4, 0.5) is 29.3 Å². The molecule has 2 aromatic heterocycles. The van der Waals surface area contributed by atoms with Crippen LogP contribution in [-0.4, -0.2) is 37.1 Å². The molecule has 5 rings (SSSR count). The number of alkyl halides is 3. The lowest BCUT2D eigenvalue weighted by Crippen LogP contribution is -2.33. The van der Waals surface area contributed by atoms with Gasteiger partial charge in [-0.3, -0.25) is 9.88 Å². The van der Waals surface area contributed by atoms with Gasteiger partial charge in [0.2, 0.25) is 10.0 Å². The lowest BCUT2D eigenvalue weighted by molar-refractivity contribution is -0.138. The third-order valence-electron chi connectivity index (χ3n) is 6.12. The van der Waals surface area contributed by atoms with Gasteiger partial charge >= 0.3 is 12.2 Å². The van der Waals surface area contributed by atoms with Crippen molar-refractivity contribution in [1.82, 2.24) is 8.96 Å². The van der Waals surface area contributed by atoms with Crippen LogP contribution < -0.4 is 15.0 Å². The van der Waals surface area contributed by atoms with Gasteiger partial charge in [0.15, 0.2) is 0 Å². The van der Waals surface area contributed by atoms with Gasteiger partial charge in [0.1, 0.15) is 5.75 Å². The van der Waals surface area contributed by atoms with Gasteiger partial charge in [-0.25, -0.2) is 17.2 Å². The summed E-state index contributed by atoms with van der Waals surface area (Å²) in [4.78, 5) is 18.2. The number of hydrogen-bond donors (Lipinski definition) is 1. The first kappa shape index (κ1) is 24.6. The summed E-state index contributed by atoms with van der Waals surface area (Å²) in [5, 5.41) is 3.27. The number of anilines is 2. The van der Waals surface area contributed by atoms with E-state index in [-0.39, 0.29) is 23.7 Å². The quantitative estimate of drug-likeness (QED) is 0.391. The molecule has 12 heteroatoms. The molecule has 0 saturated heterocycles. The summed E-state index contributed by atoms with van der Waals surface area (Å²) in [6.07, 6.45) is 0.226. The molecule has 2 amide bonds. The smallest absolute Gasteiger partial charge is 0.420 e. The van der Waals surface area contributed by atoms with Crippen LogP contribution in [0.3, 0.4) is 0 Å². The number of methoxy groups -OCH3 is 1. The molecular weight excluding hydrogens is 509 g/mol. The number of benzene rings is 2. The van der Waals surface area contributed by atoms with Crippen LogP contribution >= 0.6 is 0 Å². The van der Waals surface area contributed by atoms with E-state index in [1.165, 1.54) is 34.4 Å². The number of rotatable bonds is 5. The summed E-state index contributed by atoms with van der Waals surface area (Å²) in [6, 6.07) is 11.3. The number of amides is 2. The first-order valence-corrected chi connectivity index (χ1v) is 12.8. The van der Waals surface area contributed by atoms with Crippen LogP contribution in [0.5, 0.6) is 5.75 Å². The lowest BCUT2D eigenvalue weighted by Gasteiger charge is -2.20. The molecule has 1 N–H and O–H groups in total. The summed E-state index contributed by atoms with van der Waals surface area (Å²) in [6.45, 7) is 0.205. The number of aromatic nitrogens is 2. The number of carbonyl (C=O) groups excluding carboxylic acids is 1. The summed E-state index contributed by atoms with van der Waals surface area (Å²) in [5.74, 6) is -0.524. The van der Waals surface area contributed by atoms with E-state index in [0.717, 1.165) is 6.07 Å². The number of nitrogens with zero attached hydrogens (tertiary/aromatic N) is 3. The minimum atomic E-state index is -4.64. The molecule has 4 aromatic rings. The maximum absolute atomic E-state index is 13.5. The van der Waals surface area contributed by atoms with E-state index < -0.39 is 27.8 Å². The minimum absolute atomic E-state index is 0.166. The second-order valence-corrected chi connectivity index (χ2v) is 10.4. The average Bonchev–Trinajstić information content (AvgIpc) is 3.47. The van der Waals surface area contributed by atoms with E-state index in [9.17, 15) is 26.4 Å². The molecule has 8 nitrogen and oxygen atoms in total. The van der Waals surface area contributed by atoms with E-state index >= 15 is 0 Å². The van der Waals surface area contributed by atoms with Gasteiger partial charge < -0.3 is 10.1 Å². The van der Waals surface area contributed by atoms with Crippen LogP contribution in [0, 0.1) is 0 Å². The van der Waals surface area contributed by atoms with Crippen molar-refractivity contribution in [2.75, 3.05) is 23.9 Å². The first-order valence-electron chi connectivity index (χ1n) is 11.2. The van der Waals surface area contributed by atoms with Crippen molar-refractivity contribution in [2.45, 2.75) is 18.3 Å². The van der Waals surface area contributed by atoms with Crippen molar-refractivity contribution < 1.29 is 31.1 Å². The SMILES string of the molecule is COc1cc2c(cc1C(F)(F)F)N(C(=O)Nc1ccc3c(ccn3S(=O)(=O)Cc3cccnc3)c1)CC2. The molecule has 0 aliphatic carbocycles. The van der Waals surface area contributed by atoms with Gasteiger partial charge in [-0.05, 0) is 60.0 Å².